The van der Waals surface area contributed by atoms with Gasteiger partial charge >= 0.3 is 0 Å². The van der Waals surface area contributed by atoms with Crippen molar-refractivity contribution in [3.05, 3.63) is 17.7 Å². The minimum absolute atomic E-state index is 0.410. The number of ether oxygens (including phenoxy) is 1. The first-order chi connectivity index (χ1) is 6.68. The van der Waals surface area contributed by atoms with E-state index in [0.29, 0.717) is 35.4 Å². The predicted octanol–water partition coefficient (Wildman–Crippen LogP) is -2.16. The molecular weight excluding hydrogens is 171 g/mol. The van der Waals surface area contributed by atoms with Crippen LogP contribution in [0.3, 0.4) is 0 Å². The van der Waals surface area contributed by atoms with Crippen LogP contribution in [0.2, 0.25) is 0 Å². The molecule has 1 aliphatic rings. The summed E-state index contributed by atoms with van der Waals surface area (Å²) in [6, 6.07) is 3.44. The van der Waals surface area contributed by atoms with E-state index in [1.54, 1.807) is 12.1 Å². The summed E-state index contributed by atoms with van der Waals surface area (Å²) in [5, 5.41) is 0. The molecule has 6 radical (unpaired) electrons. The molecule has 2 rings (SSSR count). The summed E-state index contributed by atoms with van der Waals surface area (Å²) in [6.07, 6.45) is 0. The summed E-state index contributed by atoms with van der Waals surface area (Å²) >= 11 is 0. The van der Waals surface area contributed by atoms with Gasteiger partial charge in [-0.05, 0) is 0 Å². The van der Waals surface area contributed by atoms with Gasteiger partial charge in [0, 0.05) is 5.56 Å². The average Bonchev–Trinajstić information content (AvgIpc) is 2.66. The Kier molecular flexibility index (Phi) is 2.40. The quantitative estimate of drug-likeness (QED) is 0.447. The molecule has 0 saturated carbocycles. The smallest absolute Gasteiger partial charge is 0.216 e. The lowest BCUT2D eigenvalue weighted by Gasteiger charge is -2.09. The second kappa shape index (κ2) is 3.56. The van der Waals surface area contributed by atoms with Crippen LogP contribution in [0.4, 0.5) is 0 Å². The first kappa shape index (κ1) is 9.44. The maximum Gasteiger partial charge on any atom is 0.216 e. The van der Waals surface area contributed by atoms with E-state index in [2.05, 4.69) is 4.99 Å². The van der Waals surface area contributed by atoms with E-state index in [-0.39, 0.29) is 0 Å². The summed E-state index contributed by atoms with van der Waals surface area (Å²) in [7, 11) is 17.0. The zero-order chi connectivity index (χ0) is 10.1. The molecule has 0 aromatic heterocycles. The van der Waals surface area contributed by atoms with Crippen LogP contribution < -0.4 is 16.4 Å². The molecule has 1 aliphatic heterocycles. The van der Waals surface area contributed by atoms with Gasteiger partial charge in [0.05, 0.1) is 6.54 Å². The van der Waals surface area contributed by atoms with Gasteiger partial charge in [-0.15, -0.1) is 16.4 Å². The standard InChI is InChI=1S/C9H6B3NO/c10-6-3-5(4-7(11)8(6)12)9-13-1-2-14-9/h3-4H,1-2H2. The third kappa shape index (κ3) is 1.59. The number of benzene rings is 1. The van der Waals surface area contributed by atoms with E-state index in [4.69, 9.17) is 28.3 Å². The lowest BCUT2D eigenvalue weighted by atomic mass is 9.71. The fourth-order valence-corrected chi connectivity index (χ4v) is 1.33. The Morgan fingerprint density at radius 2 is 1.79 bits per heavy atom. The number of hydrogen-bond donors (Lipinski definition) is 0. The van der Waals surface area contributed by atoms with Gasteiger partial charge in [0.1, 0.15) is 30.1 Å². The van der Waals surface area contributed by atoms with Crippen molar-refractivity contribution in [1.29, 1.82) is 0 Å². The average molecular weight is 177 g/mol. The van der Waals surface area contributed by atoms with Crippen LogP contribution in [0.25, 0.3) is 0 Å². The van der Waals surface area contributed by atoms with Crippen LogP contribution >= 0.6 is 0 Å². The summed E-state index contributed by atoms with van der Waals surface area (Å²) < 4.78 is 5.29. The molecule has 0 amide bonds. The number of rotatable bonds is 1. The molecule has 14 heavy (non-hydrogen) atoms. The molecule has 0 spiro atoms. The Bertz CT molecular complexity index is 380. The van der Waals surface area contributed by atoms with Gasteiger partial charge < -0.3 is 4.74 Å². The molecule has 2 nitrogen and oxygen atoms in total. The molecule has 0 aliphatic carbocycles. The minimum atomic E-state index is 0.410. The number of aliphatic imine (C=N–C) groups is 1. The van der Waals surface area contributed by atoms with E-state index < -0.39 is 0 Å². The van der Waals surface area contributed by atoms with Crippen molar-refractivity contribution in [2.75, 3.05) is 13.2 Å². The fourth-order valence-electron chi connectivity index (χ4n) is 1.33. The highest BCUT2D eigenvalue weighted by Crippen LogP contribution is 2.03. The van der Waals surface area contributed by atoms with E-state index in [9.17, 15) is 0 Å². The second-order valence-corrected chi connectivity index (χ2v) is 3.10. The van der Waals surface area contributed by atoms with Gasteiger partial charge in [-0.25, -0.2) is 4.99 Å². The zero-order valence-electron chi connectivity index (χ0n) is 7.66. The Balaban J connectivity index is 2.45. The maximum atomic E-state index is 5.67. The fraction of sp³-hybridized carbons (Fsp3) is 0.222. The first-order valence-electron chi connectivity index (χ1n) is 4.30. The monoisotopic (exact) mass is 177 g/mol. The maximum absolute atomic E-state index is 5.67. The second-order valence-electron chi connectivity index (χ2n) is 3.10. The van der Waals surface area contributed by atoms with Gasteiger partial charge in [-0.3, -0.25) is 0 Å². The van der Waals surface area contributed by atoms with Crippen molar-refractivity contribution in [3.8, 4) is 0 Å². The largest absolute Gasteiger partial charge is 0.476 e. The highest BCUT2D eigenvalue weighted by atomic mass is 16.5. The van der Waals surface area contributed by atoms with Crippen LogP contribution in [0.5, 0.6) is 0 Å². The normalized spacial score (nSPS) is 15.0. The lowest BCUT2D eigenvalue weighted by Crippen LogP contribution is -2.39. The van der Waals surface area contributed by atoms with Gasteiger partial charge in [0.2, 0.25) is 5.90 Å². The molecule has 0 N–H and O–H groups in total. The van der Waals surface area contributed by atoms with Crippen LogP contribution in [-0.2, 0) is 4.74 Å². The van der Waals surface area contributed by atoms with Crippen molar-refractivity contribution < 1.29 is 4.74 Å². The molecule has 0 bridgehead atoms. The molecule has 0 atom stereocenters. The van der Waals surface area contributed by atoms with Crippen molar-refractivity contribution in [2.24, 2.45) is 4.99 Å². The van der Waals surface area contributed by atoms with Crippen molar-refractivity contribution in [3.63, 3.8) is 0 Å². The summed E-state index contributed by atoms with van der Waals surface area (Å²) in [6.45, 7) is 1.29. The third-order valence-corrected chi connectivity index (χ3v) is 2.08. The minimum Gasteiger partial charge on any atom is -0.476 e. The number of nitrogens with zero attached hydrogens (tertiary/aromatic N) is 1. The summed E-state index contributed by atoms with van der Waals surface area (Å²) in [5.41, 5.74) is 2.11. The van der Waals surface area contributed by atoms with Crippen LogP contribution in [-0.4, -0.2) is 42.6 Å². The first-order valence-corrected chi connectivity index (χ1v) is 4.30. The molecule has 0 unspecified atom stereocenters. The van der Waals surface area contributed by atoms with E-state index in [1.165, 1.54) is 0 Å². The molecular formula is C9H6B3NO. The Labute approximate surface area is 87.0 Å². The molecule has 5 heteroatoms. The van der Waals surface area contributed by atoms with Crippen LogP contribution in [0.1, 0.15) is 5.56 Å². The molecule has 0 fully saturated rings. The van der Waals surface area contributed by atoms with Crippen molar-refractivity contribution in [2.45, 2.75) is 0 Å². The van der Waals surface area contributed by atoms with Gasteiger partial charge in [0.25, 0.3) is 0 Å². The summed E-state index contributed by atoms with van der Waals surface area (Å²) in [5.74, 6) is 0.586. The lowest BCUT2D eigenvalue weighted by molar-refractivity contribution is 0.348. The molecule has 1 aromatic rings. The molecule has 1 aromatic carbocycles. The highest BCUT2D eigenvalue weighted by Gasteiger charge is 2.11. The highest BCUT2D eigenvalue weighted by molar-refractivity contribution is 6.57. The Morgan fingerprint density at radius 3 is 2.29 bits per heavy atom. The predicted molar refractivity (Wildman–Crippen MR) is 60.0 cm³/mol. The van der Waals surface area contributed by atoms with Crippen molar-refractivity contribution >= 4 is 45.8 Å². The van der Waals surface area contributed by atoms with Gasteiger partial charge in [-0.2, -0.15) is 0 Å². The Hall–Kier alpha value is -1.12. The Morgan fingerprint density at radius 1 is 1.14 bits per heavy atom. The molecule has 62 valence electrons. The van der Waals surface area contributed by atoms with Crippen LogP contribution in [0, 0.1) is 0 Å². The van der Waals surface area contributed by atoms with Gasteiger partial charge in [0.15, 0.2) is 0 Å². The van der Waals surface area contributed by atoms with E-state index in [1.807, 2.05) is 0 Å². The zero-order valence-corrected chi connectivity index (χ0v) is 7.66. The van der Waals surface area contributed by atoms with E-state index in [0.717, 1.165) is 5.56 Å². The van der Waals surface area contributed by atoms with Crippen molar-refractivity contribution in [1.82, 2.24) is 0 Å². The molecule has 0 saturated heterocycles. The number of hydrogen-bond acceptors (Lipinski definition) is 2. The van der Waals surface area contributed by atoms with Gasteiger partial charge in [-0.1, -0.05) is 12.1 Å². The molecule has 1 heterocycles. The SMILES string of the molecule is [B]c1cc(C2=NCCO2)cc([B])c1[B]. The van der Waals surface area contributed by atoms with Crippen LogP contribution in [0.15, 0.2) is 17.1 Å². The van der Waals surface area contributed by atoms with E-state index >= 15 is 0 Å². The third-order valence-electron chi connectivity index (χ3n) is 2.08. The topological polar surface area (TPSA) is 21.6 Å². The summed E-state index contributed by atoms with van der Waals surface area (Å²) in [4.78, 5) is 4.16.